The zero-order chi connectivity index (χ0) is 24.1. The van der Waals surface area contributed by atoms with Gasteiger partial charge in [-0.25, -0.2) is 4.98 Å². The minimum atomic E-state index is -0.600. The Bertz CT molecular complexity index is 1310. The monoisotopic (exact) mass is 463 g/mol. The lowest BCUT2D eigenvalue weighted by Crippen LogP contribution is -2.27. The van der Waals surface area contributed by atoms with Crippen LogP contribution < -0.4 is 15.6 Å². The van der Waals surface area contributed by atoms with Crippen LogP contribution >= 0.6 is 0 Å². The fourth-order valence-corrected chi connectivity index (χ4v) is 3.72. The first-order valence-corrected chi connectivity index (χ1v) is 11.2. The molecule has 1 aliphatic heterocycles. The zero-order valence-electron chi connectivity index (χ0n) is 18.8. The van der Waals surface area contributed by atoms with Crippen molar-refractivity contribution in [1.29, 1.82) is 0 Å². The Balaban J connectivity index is 1.38. The highest BCUT2D eigenvalue weighted by molar-refractivity contribution is 6.01. The number of nitrogens with one attached hydrogen (secondary N) is 1. The molecule has 2 heterocycles. The van der Waals surface area contributed by atoms with Gasteiger partial charge in [-0.2, -0.15) is 0 Å². The van der Waals surface area contributed by atoms with Crippen LogP contribution in [0.1, 0.15) is 42.2 Å². The number of hydrogen-bond donors (Lipinski definition) is 1. The number of aryl methyl sites for hydroxylation is 2. The zero-order valence-corrected chi connectivity index (χ0v) is 18.8. The number of carbonyl (C=O) groups excluding carboxylic acids is 3. The molecule has 0 aliphatic carbocycles. The summed E-state index contributed by atoms with van der Waals surface area (Å²) >= 11 is 0. The number of nitrogens with zero attached hydrogens (tertiary/aromatic N) is 2. The second-order valence-electron chi connectivity index (χ2n) is 7.99. The van der Waals surface area contributed by atoms with Crippen molar-refractivity contribution in [3.05, 3.63) is 64.1 Å². The Labute approximate surface area is 195 Å². The van der Waals surface area contributed by atoms with E-state index in [9.17, 15) is 19.2 Å². The van der Waals surface area contributed by atoms with Crippen molar-refractivity contribution in [2.24, 2.45) is 0 Å². The van der Waals surface area contributed by atoms with Crippen LogP contribution in [0.25, 0.3) is 11.0 Å². The highest BCUT2D eigenvalue weighted by Gasteiger charge is 2.19. The number of fused-ring (bicyclic) bond motifs is 2. The number of ether oxygens (including phenoxy) is 2. The average Bonchev–Trinajstić information content (AvgIpc) is 2.85. The van der Waals surface area contributed by atoms with Gasteiger partial charge in [0, 0.05) is 18.5 Å². The summed E-state index contributed by atoms with van der Waals surface area (Å²) in [4.78, 5) is 53.6. The summed E-state index contributed by atoms with van der Waals surface area (Å²) in [6.07, 6.45) is 1.85. The molecule has 1 aromatic heterocycles. The van der Waals surface area contributed by atoms with E-state index in [-0.39, 0.29) is 36.5 Å². The number of hydrogen-bond acceptors (Lipinski definition) is 7. The van der Waals surface area contributed by atoms with Gasteiger partial charge in [-0.1, -0.05) is 25.5 Å². The molecule has 34 heavy (non-hydrogen) atoms. The van der Waals surface area contributed by atoms with Gasteiger partial charge in [0.05, 0.1) is 23.1 Å². The number of aromatic nitrogens is 2. The van der Waals surface area contributed by atoms with Crippen molar-refractivity contribution in [3.63, 3.8) is 0 Å². The molecule has 0 fully saturated rings. The molecule has 0 spiro atoms. The summed E-state index contributed by atoms with van der Waals surface area (Å²) in [7, 11) is 0. The van der Waals surface area contributed by atoms with Gasteiger partial charge in [-0.05, 0) is 36.8 Å². The molecule has 2 aromatic carbocycles. The van der Waals surface area contributed by atoms with Crippen LogP contribution in [0.3, 0.4) is 0 Å². The number of para-hydroxylation sites is 2. The third-order valence-corrected chi connectivity index (χ3v) is 5.52. The Morgan fingerprint density at radius 3 is 2.82 bits per heavy atom. The third kappa shape index (κ3) is 5.14. The molecule has 9 heteroatoms. The SMILES string of the molecule is CCCCn1c(=O)c(CCC(=O)OCC(=O)c2ccc3c(c2)NC(=O)CO3)nc2ccccc21. The van der Waals surface area contributed by atoms with Crippen LogP contribution in [0.5, 0.6) is 5.75 Å². The summed E-state index contributed by atoms with van der Waals surface area (Å²) in [5, 5.41) is 2.63. The van der Waals surface area contributed by atoms with Gasteiger partial charge in [0.15, 0.2) is 19.0 Å². The molecule has 1 aliphatic rings. The van der Waals surface area contributed by atoms with Crippen LogP contribution in [0.15, 0.2) is 47.3 Å². The Hall–Kier alpha value is -4.01. The maximum Gasteiger partial charge on any atom is 0.306 e. The minimum Gasteiger partial charge on any atom is -0.482 e. The van der Waals surface area contributed by atoms with Crippen molar-refractivity contribution < 1.29 is 23.9 Å². The molecule has 0 bridgehead atoms. The van der Waals surface area contributed by atoms with Crippen molar-refractivity contribution in [2.75, 3.05) is 18.5 Å². The first kappa shape index (κ1) is 23.2. The van der Waals surface area contributed by atoms with E-state index in [0.29, 0.717) is 29.2 Å². The van der Waals surface area contributed by atoms with Crippen molar-refractivity contribution in [1.82, 2.24) is 9.55 Å². The number of esters is 1. The molecule has 1 N–H and O–H groups in total. The largest absolute Gasteiger partial charge is 0.482 e. The first-order valence-electron chi connectivity index (χ1n) is 11.2. The molecule has 0 unspecified atom stereocenters. The number of rotatable bonds is 9. The van der Waals surface area contributed by atoms with E-state index in [4.69, 9.17) is 9.47 Å². The van der Waals surface area contributed by atoms with Gasteiger partial charge in [0.25, 0.3) is 11.5 Å². The van der Waals surface area contributed by atoms with E-state index >= 15 is 0 Å². The molecule has 1 amide bonds. The smallest absolute Gasteiger partial charge is 0.306 e. The molecular weight excluding hydrogens is 438 g/mol. The number of unbranched alkanes of at least 4 members (excludes halogenated alkanes) is 1. The topological polar surface area (TPSA) is 117 Å². The molecule has 0 saturated heterocycles. The van der Waals surface area contributed by atoms with E-state index in [1.165, 1.54) is 6.07 Å². The van der Waals surface area contributed by atoms with Crippen LogP contribution in [-0.2, 0) is 27.3 Å². The highest BCUT2D eigenvalue weighted by atomic mass is 16.5. The number of carbonyl (C=O) groups is 3. The minimum absolute atomic E-state index is 0.0737. The van der Waals surface area contributed by atoms with Gasteiger partial charge in [0.1, 0.15) is 11.4 Å². The van der Waals surface area contributed by atoms with Gasteiger partial charge in [0.2, 0.25) is 0 Å². The Morgan fingerprint density at radius 1 is 1.18 bits per heavy atom. The molecule has 0 saturated carbocycles. The standard InChI is InChI=1S/C25H25N3O6/c1-2-3-12-28-20-7-5-4-6-17(20)26-18(25(28)32)9-11-24(31)34-14-21(29)16-8-10-22-19(13-16)27-23(30)15-33-22/h4-8,10,13H,2-3,9,11-12,14-15H2,1H3,(H,27,30). The summed E-state index contributed by atoms with van der Waals surface area (Å²) in [5.41, 5.74) is 2.23. The number of amides is 1. The average molecular weight is 463 g/mol. The van der Waals surface area contributed by atoms with Crippen molar-refractivity contribution in [2.45, 2.75) is 39.2 Å². The third-order valence-electron chi connectivity index (χ3n) is 5.52. The van der Waals surface area contributed by atoms with Gasteiger partial charge in [-0.3, -0.25) is 19.2 Å². The van der Waals surface area contributed by atoms with E-state index in [1.807, 2.05) is 24.3 Å². The molecular formula is C25H25N3O6. The van der Waals surface area contributed by atoms with Crippen LogP contribution in [0.4, 0.5) is 5.69 Å². The normalized spacial score (nSPS) is 12.6. The summed E-state index contributed by atoms with van der Waals surface area (Å²) in [6, 6.07) is 12.0. The molecule has 0 radical (unpaired) electrons. The number of anilines is 1. The summed E-state index contributed by atoms with van der Waals surface area (Å²) in [5.74, 6) is -0.848. The Kier molecular flexibility index (Phi) is 7.01. The van der Waals surface area contributed by atoms with Crippen molar-refractivity contribution in [3.8, 4) is 5.75 Å². The molecule has 0 atom stereocenters. The van der Waals surface area contributed by atoms with Crippen LogP contribution in [0.2, 0.25) is 0 Å². The second kappa shape index (κ2) is 10.3. The van der Waals surface area contributed by atoms with Gasteiger partial charge in [-0.15, -0.1) is 0 Å². The van der Waals surface area contributed by atoms with E-state index < -0.39 is 18.4 Å². The highest BCUT2D eigenvalue weighted by Crippen LogP contribution is 2.28. The van der Waals surface area contributed by atoms with Crippen LogP contribution in [-0.4, -0.2) is 40.4 Å². The fourth-order valence-electron chi connectivity index (χ4n) is 3.72. The number of Topliss-reactive ketones (excluding diaryl/α,β-unsaturated/α-hetero) is 1. The molecule has 176 valence electrons. The van der Waals surface area contributed by atoms with Gasteiger partial charge < -0.3 is 19.4 Å². The maximum absolute atomic E-state index is 12.9. The molecule has 3 aromatic rings. The van der Waals surface area contributed by atoms with E-state index in [0.717, 1.165) is 18.4 Å². The lowest BCUT2D eigenvalue weighted by molar-refractivity contribution is -0.142. The van der Waals surface area contributed by atoms with E-state index in [1.54, 1.807) is 16.7 Å². The number of benzene rings is 2. The predicted octanol–water partition coefficient (Wildman–Crippen LogP) is 2.89. The quantitative estimate of drug-likeness (QED) is 0.383. The molecule has 4 rings (SSSR count). The molecule has 9 nitrogen and oxygen atoms in total. The van der Waals surface area contributed by atoms with Gasteiger partial charge >= 0.3 is 5.97 Å². The fraction of sp³-hybridized carbons (Fsp3) is 0.320. The summed E-state index contributed by atoms with van der Waals surface area (Å²) < 4.78 is 12.1. The predicted molar refractivity (Wildman–Crippen MR) is 125 cm³/mol. The first-order chi connectivity index (χ1) is 16.5. The van der Waals surface area contributed by atoms with Crippen LogP contribution in [0, 0.1) is 0 Å². The number of ketones is 1. The summed E-state index contributed by atoms with van der Waals surface area (Å²) in [6.45, 7) is 2.11. The lowest BCUT2D eigenvalue weighted by Gasteiger charge is -2.18. The Morgan fingerprint density at radius 2 is 2.00 bits per heavy atom. The second-order valence-corrected chi connectivity index (χ2v) is 7.99. The van der Waals surface area contributed by atoms with E-state index in [2.05, 4.69) is 17.2 Å². The maximum atomic E-state index is 12.9. The van der Waals surface area contributed by atoms with Crippen molar-refractivity contribution >= 4 is 34.4 Å². The lowest BCUT2D eigenvalue weighted by atomic mass is 10.1.